The van der Waals surface area contributed by atoms with Crippen LogP contribution < -0.4 is 10.6 Å². The number of hydrogen-bond donors (Lipinski definition) is 3. The number of benzene rings is 1. The van der Waals surface area contributed by atoms with Gasteiger partial charge >= 0.3 is 5.97 Å². The van der Waals surface area contributed by atoms with E-state index in [2.05, 4.69) is 10.6 Å². The molecule has 2 fully saturated rings. The van der Waals surface area contributed by atoms with Gasteiger partial charge in [0.25, 0.3) is 5.91 Å². The summed E-state index contributed by atoms with van der Waals surface area (Å²) in [4.78, 5) is 41.2. The molecule has 4 rings (SSSR count). The molecule has 3 aliphatic rings. The molecule has 0 aromatic heterocycles. The molecule has 3 aliphatic heterocycles. The number of amides is 2. The molecule has 1 atom stereocenters. The molecule has 0 bridgehead atoms. The number of aliphatic carboxylic acids is 1. The Morgan fingerprint density at radius 1 is 1.09 bits per heavy atom. The van der Waals surface area contributed by atoms with Crippen LogP contribution in [0.15, 0.2) is 18.2 Å². The van der Waals surface area contributed by atoms with E-state index in [1.54, 1.807) is 11.0 Å². The molecule has 1 aromatic carbocycles. The zero-order chi connectivity index (χ0) is 23.5. The Bertz CT molecular complexity index is 888. The van der Waals surface area contributed by atoms with E-state index in [4.69, 9.17) is 0 Å². The van der Waals surface area contributed by atoms with E-state index in [0.717, 1.165) is 56.2 Å². The van der Waals surface area contributed by atoms with Crippen LogP contribution >= 0.6 is 0 Å². The van der Waals surface area contributed by atoms with Gasteiger partial charge in [0.1, 0.15) is 6.04 Å². The average molecular weight is 457 g/mol. The Morgan fingerprint density at radius 2 is 1.76 bits per heavy atom. The van der Waals surface area contributed by atoms with Crippen molar-refractivity contribution >= 4 is 23.5 Å². The molecule has 8 nitrogen and oxygen atoms in total. The van der Waals surface area contributed by atoms with Crippen LogP contribution in [0.5, 0.6) is 0 Å². The molecule has 180 valence electrons. The van der Waals surface area contributed by atoms with Crippen LogP contribution in [0.4, 0.5) is 5.69 Å². The number of rotatable bonds is 5. The summed E-state index contributed by atoms with van der Waals surface area (Å²) in [7, 11) is 0. The molecular formula is C25H36N4O4. The summed E-state index contributed by atoms with van der Waals surface area (Å²) >= 11 is 0. The summed E-state index contributed by atoms with van der Waals surface area (Å²) in [6, 6.07) is 4.59. The van der Waals surface area contributed by atoms with Gasteiger partial charge < -0.3 is 25.5 Å². The van der Waals surface area contributed by atoms with Gasteiger partial charge in [-0.15, -0.1) is 0 Å². The first-order chi connectivity index (χ1) is 15.8. The number of likely N-dealkylation sites (tertiary alicyclic amines) is 1. The highest BCUT2D eigenvalue weighted by Crippen LogP contribution is 2.32. The second-order valence-electron chi connectivity index (χ2n) is 9.94. The molecule has 1 aromatic rings. The maximum atomic E-state index is 13.3. The van der Waals surface area contributed by atoms with Gasteiger partial charge in [0.05, 0.1) is 6.42 Å². The number of anilines is 1. The van der Waals surface area contributed by atoms with Crippen molar-refractivity contribution in [1.29, 1.82) is 0 Å². The fourth-order valence-corrected chi connectivity index (χ4v) is 5.53. The Balaban J connectivity index is 1.47. The number of carboxylic acid groups (broad SMARTS) is 1. The Labute approximate surface area is 195 Å². The molecule has 3 heterocycles. The third-order valence-electron chi connectivity index (χ3n) is 7.48. The van der Waals surface area contributed by atoms with E-state index < -0.39 is 12.0 Å². The predicted molar refractivity (Wildman–Crippen MR) is 126 cm³/mol. The summed E-state index contributed by atoms with van der Waals surface area (Å²) in [5.74, 6) is 0.282. The van der Waals surface area contributed by atoms with Crippen molar-refractivity contribution in [2.45, 2.75) is 64.6 Å². The van der Waals surface area contributed by atoms with Crippen molar-refractivity contribution < 1.29 is 19.5 Å². The smallest absolute Gasteiger partial charge is 0.305 e. The Morgan fingerprint density at radius 3 is 2.39 bits per heavy atom. The van der Waals surface area contributed by atoms with Crippen LogP contribution in [0.2, 0.25) is 0 Å². The molecule has 0 saturated carbocycles. The lowest BCUT2D eigenvalue weighted by atomic mass is 9.79. The number of fused-ring (bicyclic) bond motifs is 1. The fourth-order valence-electron chi connectivity index (χ4n) is 5.53. The maximum absolute atomic E-state index is 13.3. The molecular weight excluding hydrogens is 420 g/mol. The minimum Gasteiger partial charge on any atom is -0.481 e. The number of nitrogens with zero attached hydrogens (tertiary/aromatic N) is 2. The van der Waals surface area contributed by atoms with Gasteiger partial charge in [0.15, 0.2) is 0 Å². The predicted octanol–water partition coefficient (Wildman–Crippen LogP) is 2.54. The molecule has 3 N–H and O–H groups in total. The lowest BCUT2D eigenvalue weighted by Gasteiger charge is -2.38. The molecule has 0 aliphatic carbocycles. The van der Waals surface area contributed by atoms with Crippen LogP contribution in [0, 0.1) is 11.8 Å². The minimum absolute atomic E-state index is 0.0373. The monoisotopic (exact) mass is 456 g/mol. The van der Waals surface area contributed by atoms with E-state index in [1.807, 2.05) is 30.9 Å². The second kappa shape index (κ2) is 10.1. The van der Waals surface area contributed by atoms with Crippen LogP contribution in [0.3, 0.4) is 0 Å². The highest BCUT2D eigenvalue weighted by Gasteiger charge is 2.33. The van der Waals surface area contributed by atoms with E-state index in [-0.39, 0.29) is 24.3 Å². The number of piperidine rings is 2. The van der Waals surface area contributed by atoms with E-state index in [9.17, 15) is 19.5 Å². The zero-order valence-electron chi connectivity index (χ0n) is 19.7. The lowest BCUT2D eigenvalue weighted by molar-refractivity contribution is -0.142. The number of nitrogens with one attached hydrogen (secondary N) is 2. The van der Waals surface area contributed by atoms with Crippen molar-refractivity contribution in [3.05, 3.63) is 29.3 Å². The topological polar surface area (TPSA) is 102 Å². The van der Waals surface area contributed by atoms with Crippen molar-refractivity contribution in [2.24, 2.45) is 11.8 Å². The van der Waals surface area contributed by atoms with E-state index >= 15 is 0 Å². The first kappa shape index (κ1) is 23.5. The summed E-state index contributed by atoms with van der Waals surface area (Å²) in [5, 5.41) is 15.8. The largest absolute Gasteiger partial charge is 0.481 e. The van der Waals surface area contributed by atoms with E-state index in [0.29, 0.717) is 18.0 Å². The SMILES string of the molecule is CC(C)N1Cc2cc(C(=O)N3CCC(C4CCNCC4)CC3)ccc2N[C@H](CC(=O)O)C1=O. The molecule has 2 amide bonds. The van der Waals surface area contributed by atoms with Gasteiger partial charge in [0, 0.05) is 36.9 Å². The third-order valence-corrected chi connectivity index (χ3v) is 7.48. The van der Waals surface area contributed by atoms with Crippen LogP contribution in [-0.4, -0.2) is 71.0 Å². The standard InChI is InChI=1S/C25H36N4O4/c1-16(2)29-15-20-13-19(3-4-21(20)27-22(25(29)33)14-23(30)31)24(32)28-11-7-18(8-12-28)17-5-9-26-10-6-17/h3-4,13,16-18,22,26-27H,5-12,14-15H2,1-2H3,(H,30,31)/t22-/m1/s1. The van der Waals surface area contributed by atoms with Crippen molar-refractivity contribution in [3.8, 4) is 0 Å². The summed E-state index contributed by atoms with van der Waals surface area (Å²) in [6.07, 6.45) is 4.33. The first-order valence-corrected chi connectivity index (χ1v) is 12.2. The summed E-state index contributed by atoms with van der Waals surface area (Å²) in [6.45, 7) is 7.99. The van der Waals surface area contributed by atoms with Gasteiger partial charge in [0.2, 0.25) is 5.91 Å². The number of carbonyl (C=O) groups is 3. The third kappa shape index (κ3) is 5.32. The lowest BCUT2D eigenvalue weighted by Crippen LogP contribution is -2.44. The Hall–Kier alpha value is -2.61. The molecule has 33 heavy (non-hydrogen) atoms. The van der Waals surface area contributed by atoms with Gasteiger partial charge in [-0.05, 0) is 88.2 Å². The molecule has 8 heteroatoms. The summed E-state index contributed by atoms with van der Waals surface area (Å²) < 4.78 is 0. The normalized spacial score (nSPS) is 22.6. The molecule has 2 saturated heterocycles. The Kier molecular flexibility index (Phi) is 7.22. The average Bonchev–Trinajstić information content (AvgIpc) is 2.95. The summed E-state index contributed by atoms with van der Waals surface area (Å²) in [5.41, 5.74) is 2.20. The quantitative estimate of drug-likeness (QED) is 0.629. The highest BCUT2D eigenvalue weighted by molar-refractivity contribution is 5.96. The molecule has 0 spiro atoms. The number of hydrogen-bond acceptors (Lipinski definition) is 5. The first-order valence-electron chi connectivity index (χ1n) is 12.2. The molecule has 0 radical (unpaired) electrons. The van der Waals surface area contributed by atoms with E-state index in [1.165, 1.54) is 12.8 Å². The highest BCUT2D eigenvalue weighted by atomic mass is 16.4. The van der Waals surface area contributed by atoms with Gasteiger partial charge in [-0.2, -0.15) is 0 Å². The van der Waals surface area contributed by atoms with Gasteiger partial charge in [-0.1, -0.05) is 0 Å². The van der Waals surface area contributed by atoms with Crippen LogP contribution in [-0.2, 0) is 16.1 Å². The van der Waals surface area contributed by atoms with Gasteiger partial charge in [-0.3, -0.25) is 14.4 Å². The van der Waals surface area contributed by atoms with Crippen molar-refractivity contribution in [2.75, 3.05) is 31.5 Å². The molecule has 0 unspecified atom stereocenters. The second-order valence-corrected chi connectivity index (χ2v) is 9.94. The number of carbonyl (C=O) groups excluding carboxylic acids is 2. The van der Waals surface area contributed by atoms with Gasteiger partial charge in [-0.25, -0.2) is 0 Å². The van der Waals surface area contributed by atoms with Crippen molar-refractivity contribution in [1.82, 2.24) is 15.1 Å². The van der Waals surface area contributed by atoms with Crippen LogP contribution in [0.1, 0.15) is 61.9 Å². The fraction of sp³-hybridized carbons (Fsp3) is 0.640. The van der Waals surface area contributed by atoms with Crippen LogP contribution in [0.25, 0.3) is 0 Å². The zero-order valence-corrected chi connectivity index (χ0v) is 19.7. The maximum Gasteiger partial charge on any atom is 0.305 e. The minimum atomic E-state index is -1.02. The number of carboxylic acids is 1. The van der Waals surface area contributed by atoms with Crippen molar-refractivity contribution in [3.63, 3.8) is 0 Å².